The monoisotopic (exact) mass is 375 g/mol. The third kappa shape index (κ3) is 2.61. The highest BCUT2D eigenvalue weighted by molar-refractivity contribution is 5.93. The van der Waals surface area contributed by atoms with E-state index in [1.54, 1.807) is 0 Å². The Balaban J connectivity index is 1.91. The lowest BCUT2D eigenvalue weighted by Crippen LogP contribution is -2.27. The lowest BCUT2D eigenvalue weighted by molar-refractivity contribution is 0.517. The van der Waals surface area contributed by atoms with Crippen molar-refractivity contribution in [3.63, 3.8) is 0 Å². The second-order valence-corrected chi connectivity index (χ2v) is 8.36. The minimum atomic E-state index is -0.0829. The molecule has 0 saturated heterocycles. The van der Waals surface area contributed by atoms with Crippen molar-refractivity contribution < 1.29 is 0 Å². The second-order valence-electron chi connectivity index (χ2n) is 8.36. The Labute approximate surface area is 170 Å². The molecule has 3 heteroatoms. The molecule has 5 rings (SSSR count). The number of anilines is 1. The molecule has 2 N–H and O–H groups in total. The Hall–Kier alpha value is -3.64. The third-order valence-corrected chi connectivity index (χ3v) is 5.99. The van der Waals surface area contributed by atoms with Crippen molar-refractivity contribution in [3.05, 3.63) is 83.4 Å². The molecule has 29 heavy (non-hydrogen) atoms. The van der Waals surface area contributed by atoms with Crippen molar-refractivity contribution in [3.8, 4) is 28.5 Å². The Bertz CT molecular complexity index is 1310. The zero-order valence-electron chi connectivity index (χ0n) is 16.5. The first-order valence-electron chi connectivity index (χ1n) is 9.81. The van der Waals surface area contributed by atoms with Crippen LogP contribution in [0.25, 0.3) is 33.2 Å². The van der Waals surface area contributed by atoms with Gasteiger partial charge in [0.15, 0.2) is 0 Å². The summed E-state index contributed by atoms with van der Waals surface area (Å²) in [6.07, 6.45) is 0.805. The number of hydrogen-bond donors (Lipinski definition) is 1. The van der Waals surface area contributed by atoms with Gasteiger partial charge in [0.2, 0.25) is 0 Å². The van der Waals surface area contributed by atoms with Crippen molar-refractivity contribution in [1.29, 1.82) is 5.26 Å². The molecule has 3 nitrogen and oxygen atoms in total. The van der Waals surface area contributed by atoms with Crippen LogP contribution in [0.4, 0.5) is 5.82 Å². The Morgan fingerprint density at radius 1 is 0.966 bits per heavy atom. The number of benzene rings is 3. The maximum Gasteiger partial charge on any atom is 0.142 e. The van der Waals surface area contributed by atoms with Crippen LogP contribution < -0.4 is 5.73 Å². The van der Waals surface area contributed by atoms with Crippen LogP contribution in [0, 0.1) is 11.3 Å². The Kier molecular flexibility index (Phi) is 3.72. The summed E-state index contributed by atoms with van der Waals surface area (Å²) in [7, 11) is 0. The molecule has 0 radical (unpaired) electrons. The van der Waals surface area contributed by atoms with Gasteiger partial charge in [0, 0.05) is 11.1 Å². The van der Waals surface area contributed by atoms with Gasteiger partial charge in [-0.3, -0.25) is 0 Å². The van der Waals surface area contributed by atoms with Crippen LogP contribution >= 0.6 is 0 Å². The van der Waals surface area contributed by atoms with Gasteiger partial charge >= 0.3 is 0 Å². The smallest absolute Gasteiger partial charge is 0.142 e. The molecule has 0 saturated carbocycles. The number of aromatic nitrogens is 1. The molecule has 0 fully saturated rings. The van der Waals surface area contributed by atoms with Gasteiger partial charge in [0.25, 0.3) is 0 Å². The molecule has 0 aliphatic heterocycles. The van der Waals surface area contributed by atoms with Crippen molar-refractivity contribution >= 4 is 16.6 Å². The van der Waals surface area contributed by atoms with Gasteiger partial charge in [-0.25, -0.2) is 4.98 Å². The SMILES string of the molecule is CC1(C)Cc2c(nc(N)c(C#N)c2-c2ccccc2)-c2cc3ccccc3cc21. The van der Waals surface area contributed by atoms with Crippen molar-refractivity contribution in [2.75, 3.05) is 5.73 Å². The maximum absolute atomic E-state index is 9.86. The molecule has 0 spiro atoms. The molecule has 1 aromatic heterocycles. The predicted octanol–water partition coefficient (Wildman–Crippen LogP) is 5.86. The normalized spacial score (nSPS) is 14.1. The van der Waals surface area contributed by atoms with Crippen molar-refractivity contribution in [1.82, 2.24) is 4.98 Å². The van der Waals surface area contributed by atoms with E-state index < -0.39 is 0 Å². The molecular formula is C26H21N3. The third-order valence-electron chi connectivity index (χ3n) is 5.99. The van der Waals surface area contributed by atoms with Crippen LogP contribution in [0.1, 0.15) is 30.5 Å². The van der Waals surface area contributed by atoms with Crippen LogP contribution in [0.3, 0.4) is 0 Å². The van der Waals surface area contributed by atoms with Gasteiger partial charge in [-0.2, -0.15) is 5.26 Å². The minimum Gasteiger partial charge on any atom is -0.383 e. The number of nitrogens with zero attached hydrogens (tertiary/aromatic N) is 2. The summed E-state index contributed by atoms with van der Waals surface area (Å²) in [6.45, 7) is 4.53. The van der Waals surface area contributed by atoms with Crippen LogP contribution in [0.2, 0.25) is 0 Å². The van der Waals surface area contributed by atoms with Gasteiger partial charge in [-0.1, -0.05) is 68.4 Å². The average molecular weight is 375 g/mol. The molecule has 3 aromatic carbocycles. The number of nitriles is 1. The van der Waals surface area contributed by atoms with Gasteiger partial charge in [-0.15, -0.1) is 0 Å². The van der Waals surface area contributed by atoms with E-state index in [0.717, 1.165) is 34.4 Å². The average Bonchev–Trinajstić information content (AvgIpc) is 2.73. The topological polar surface area (TPSA) is 62.7 Å². The van der Waals surface area contributed by atoms with Crippen molar-refractivity contribution in [2.24, 2.45) is 0 Å². The van der Waals surface area contributed by atoms with Crippen LogP contribution in [-0.2, 0) is 11.8 Å². The largest absolute Gasteiger partial charge is 0.383 e. The van der Waals surface area contributed by atoms with E-state index in [2.05, 4.69) is 56.3 Å². The number of nitrogens with two attached hydrogens (primary N) is 1. The van der Waals surface area contributed by atoms with E-state index in [1.165, 1.54) is 16.3 Å². The molecule has 0 amide bonds. The molecule has 0 unspecified atom stereocenters. The zero-order valence-corrected chi connectivity index (χ0v) is 16.5. The maximum atomic E-state index is 9.86. The van der Waals surface area contributed by atoms with E-state index in [0.29, 0.717) is 11.4 Å². The fourth-order valence-corrected chi connectivity index (χ4v) is 4.61. The number of pyridine rings is 1. The Morgan fingerprint density at radius 2 is 1.62 bits per heavy atom. The molecule has 1 heterocycles. The van der Waals surface area contributed by atoms with Gasteiger partial charge in [0.1, 0.15) is 17.5 Å². The highest BCUT2D eigenvalue weighted by Gasteiger charge is 2.35. The van der Waals surface area contributed by atoms with Crippen LogP contribution in [-0.4, -0.2) is 4.98 Å². The van der Waals surface area contributed by atoms with E-state index >= 15 is 0 Å². The zero-order chi connectivity index (χ0) is 20.2. The molecular weight excluding hydrogens is 354 g/mol. The first kappa shape index (κ1) is 17.5. The lowest BCUT2D eigenvalue weighted by Gasteiger charge is -2.35. The number of hydrogen-bond acceptors (Lipinski definition) is 3. The van der Waals surface area contributed by atoms with Gasteiger partial charge in [0.05, 0.1) is 5.69 Å². The predicted molar refractivity (Wildman–Crippen MR) is 118 cm³/mol. The fraction of sp³-hybridized carbons (Fsp3) is 0.154. The first-order chi connectivity index (χ1) is 14.0. The first-order valence-corrected chi connectivity index (χ1v) is 9.81. The summed E-state index contributed by atoms with van der Waals surface area (Å²) in [6, 6.07) is 25.3. The summed E-state index contributed by atoms with van der Waals surface area (Å²) in [5.41, 5.74) is 13.0. The highest BCUT2D eigenvalue weighted by Crippen LogP contribution is 2.48. The molecule has 1 aliphatic carbocycles. The van der Waals surface area contributed by atoms with Crippen LogP contribution in [0.15, 0.2) is 66.7 Å². The standard InChI is InChI=1S/C26H21N3/c1-26(2)14-20-23(16-8-4-3-5-9-16)21(15-27)25(28)29-24(20)19-12-17-10-6-7-11-18(17)13-22(19)26/h3-13H,14H2,1-2H3,(H2,28,29). The fourth-order valence-electron chi connectivity index (χ4n) is 4.61. The van der Waals surface area contributed by atoms with Gasteiger partial charge in [-0.05, 0) is 51.4 Å². The molecule has 1 aliphatic rings. The number of rotatable bonds is 1. The quantitative estimate of drug-likeness (QED) is 0.453. The number of nitrogen functional groups attached to an aromatic ring is 1. The summed E-state index contributed by atoms with van der Waals surface area (Å²) < 4.78 is 0. The lowest BCUT2D eigenvalue weighted by atomic mass is 9.69. The van der Waals surface area contributed by atoms with Gasteiger partial charge < -0.3 is 5.73 Å². The molecule has 4 aromatic rings. The Morgan fingerprint density at radius 3 is 2.31 bits per heavy atom. The van der Waals surface area contributed by atoms with E-state index in [-0.39, 0.29) is 5.41 Å². The van der Waals surface area contributed by atoms with Crippen molar-refractivity contribution in [2.45, 2.75) is 25.7 Å². The molecule has 0 atom stereocenters. The summed E-state index contributed by atoms with van der Waals surface area (Å²) >= 11 is 0. The van der Waals surface area contributed by atoms with E-state index in [9.17, 15) is 5.26 Å². The highest BCUT2D eigenvalue weighted by atomic mass is 14.9. The summed E-state index contributed by atoms with van der Waals surface area (Å²) in [4.78, 5) is 4.74. The summed E-state index contributed by atoms with van der Waals surface area (Å²) in [5.74, 6) is 0.295. The number of fused-ring (bicyclic) bond motifs is 4. The second kappa shape index (κ2) is 6.18. The van der Waals surface area contributed by atoms with E-state index in [4.69, 9.17) is 10.7 Å². The molecule has 0 bridgehead atoms. The minimum absolute atomic E-state index is 0.0829. The van der Waals surface area contributed by atoms with Crippen LogP contribution in [0.5, 0.6) is 0 Å². The summed E-state index contributed by atoms with van der Waals surface area (Å²) in [5, 5.41) is 12.3. The van der Waals surface area contributed by atoms with E-state index in [1.807, 2.05) is 30.3 Å². The molecule has 140 valence electrons.